The first kappa shape index (κ1) is 18.6. The van der Waals surface area contributed by atoms with Crippen molar-refractivity contribution >= 4 is 19.9 Å². The second kappa shape index (κ2) is 9.50. The van der Waals surface area contributed by atoms with Crippen molar-refractivity contribution in [1.82, 2.24) is 5.32 Å². The van der Waals surface area contributed by atoms with Crippen molar-refractivity contribution < 1.29 is 13.0 Å². The fourth-order valence-electron chi connectivity index (χ4n) is 4.26. The topological polar surface area (TPSA) is 66.4 Å². The lowest BCUT2D eigenvalue weighted by Gasteiger charge is -2.39. The van der Waals surface area contributed by atoms with E-state index in [-0.39, 0.29) is 0 Å². The molecule has 0 bridgehead atoms. The van der Waals surface area contributed by atoms with E-state index in [1.807, 2.05) is 0 Å². The molecular formula is C16H31NO3S2. The highest BCUT2D eigenvalue weighted by molar-refractivity contribution is 8.69. The maximum Gasteiger partial charge on any atom is 0.319 e. The third-order valence-electron chi connectivity index (χ3n) is 5.38. The van der Waals surface area contributed by atoms with Crippen molar-refractivity contribution in [3.8, 4) is 0 Å². The Morgan fingerprint density at radius 2 is 1.77 bits per heavy atom. The van der Waals surface area contributed by atoms with Gasteiger partial charge in [-0.05, 0) is 54.4 Å². The van der Waals surface area contributed by atoms with E-state index in [1.165, 1.54) is 64.2 Å². The quantitative estimate of drug-likeness (QED) is 0.375. The molecule has 3 atom stereocenters. The largest absolute Gasteiger partial charge is 0.319 e. The Balaban J connectivity index is 1.45. The van der Waals surface area contributed by atoms with Crippen molar-refractivity contribution in [2.45, 2.75) is 64.2 Å². The SMILES string of the molecule is O=S(=O)(O)SCCNCCCCC1CCC2CCCCC2C1. The summed E-state index contributed by atoms with van der Waals surface area (Å²) in [6, 6.07) is 0. The van der Waals surface area contributed by atoms with Gasteiger partial charge in [0.05, 0.1) is 0 Å². The van der Waals surface area contributed by atoms with Crippen LogP contribution in [0.1, 0.15) is 64.2 Å². The van der Waals surface area contributed by atoms with Crippen LogP contribution in [0, 0.1) is 17.8 Å². The molecule has 22 heavy (non-hydrogen) atoms. The zero-order valence-electron chi connectivity index (χ0n) is 13.5. The fraction of sp³-hybridized carbons (Fsp3) is 1.00. The van der Waals surface area contributed by atoms with E-state index in [4.69, 9.17) is 4.55 Å². The first-order valence-electron chi connectivity index (χ1n) is 8.87. The lowest BCUT2D eigenvalue weighted by atomic mass is 9.67. The highest BCUT2D eigenvalue weighted by atomic mass is 33.1. The lowest BCUT2D eigenvalue weighted by molar-refractivity contribution is 0.124. The highest BCUT2D eigenvalue weighted by Gasteiger charge is 2.31. The van der Waals surface area contributed by atoms with Gasteiger partial charge in [-0.25, -0.2) is 0 Å². The van der Waals surface area contributed by atoms with Gasteiger partial charge in [0.15, 0.2) is 0 Å². The first-order valence-corrected chi connectivity index (χ1v) is 11.8. The van der Waals surface area contributed by atoms with Crippen molar-refractivity contribution in [3.63, 3.8) is 0 Å². The molecule has 0 aromatic carbocycles. The second-order valence-electron chi connectivity index (χ2n) is 6.98. The van der Waals surface area contributed by atoms with E-state index in [2.05, 4.69) is 5.32 Å². The van der Waals surface area contributed by atoms with Gasteiger partial charge in [0.2, 0.25) is 0 Å². The van der Waals surface area contributed by atoms with Gasteiger partial charge < -0.3 is 5.32 Å². The van der Waals surface area contributed by atoms with Crippen LogP contribution in [0.5, 0.6) is 0 Å². The van der Waals surface area contributed by atoms with Gasteiger partial charge in [0.25, 0.3) is 0 Å². The summed E-state index contributed by atoms with van der Waals surface area (Å²) in [4.78, 5) is 0. The molecule has 2 N–H and O–H groups in total. The summed E-state index contributed by atoms with van der Waals surface area (Å²) in [5.41, 5.74) is 0. The van der Waals surface area contributed by atoms with Crippen LogP contribution in [-0.4, -0.2) is 31.8 Å². The second-order valence-corrected chi connectivity index (χ2v) is 10.4. The minimum atomic E-state index is -3.87. The van der Waals surface area contributed by atoms with Crippen LogP contribution >= 0.6 is 10.8 Å². The number of nitrogens with one attached hydrogen (secondary N) is 1. The molecule has 0 heterocycles. The highest BCUT2D eigenvalue weighted by Crippen LogP contribution is 2.43. The van der Waals surface area contributed by atoms with Crippen LogP contribution in [0.25, 0.3) is 0 Å². The summed E-state index contributed by atoms with van der Waals surface area (Å²) < 4.78 is 29.7. The molecule has 0 aliphatic heterocycles. The van der Waals surface area contributed by atoms with Gasteiger partial charge in [-0.2, -0.15) is 8.42 Å². The maximum absolute atomic E-state index is 10.5. The van der Waals surface area contributed by atoms with Crippen molar-refractivity contribution in [3.05, 3.63) is 0 Å². The van der Waals surface area contributed by atoms with Gasteiger partial charge >= 0.3 is 9.15 Å². The van der Waals surface area contributed by atoms with E-state index in [1.54, 1.807) is 0 Å². The van der Waals surface area contributed by atoms with Crippen molar-refractivity contribution in [2.24, 2.45) is 17.8 Å². The van der Waals surface area contributed by atoms with Gasteiger partial charge in [-0.1, -0.05) is 44.9 Å². The molecule has 0 spiro atoms. The number of unbranched alkanes of at least 4 members (excludes halogenated alkanes) is 1. The summed E-state index contributed by atoms with van der Waals surface area (Å²) >= 11 is 0. The van der Waals surface area contributed by atoms with E-state index in [9.17, 15) is 8.42 Å². The molecule has 0 aromatic heterocycles. The average molecular weight is 350 g/mol. The third-order valence-corrected chi connectivity index (χ3v) is 7.44. The van der Waals surface area contributed by atoms with Crippen LogP contribution < -0.4 is 5.32 Å². The predicted molar refractivity (Wildman–Crippen MR) is 93.5 cm³/mol. The molecule has 2 rings (SSSR count). The van der Waals surface area contributed by atoms with Gasteiger partial charge in [0, 0.05) is 12.3 Å². The van der Waals surface area contributed by atoms with Crippen LogP contribution in [0.4, 0.5) is 0 Å². The van der Waals surface area contributed by atoms with E-state index >= 15 is 0 Å². The number of fused-ring (bicyclic) bond motifs is 1. The molecule has 2 aliphatic rings. The monoisotopic (exact) mass is 349 g/mol. The number of hydrogen-bond donors (Lipinski definition) is 2. The Bertz CT molecular complexity index is 414. The van der Waals surface area contributed by atoms with Crippen molar-refractivity contribution in [1.29, 1.82) is 0 Å². The summed E-state index contributed by atoms with van der Waals surface area (Å²) in [5.74, 6) is 3.44. The molecule has 3 unspecified atom stereocenters. The van der Waals surface area contributed by atoms with Gasteiger partial charge in [-0.3, -0.25) is 4.55 Å². The Hall–Kier alpha value is 0.220. The third kappa shape index (κ3) is 7.20. The molecule has 2 saturated carbocycles. The van der Waals surface area contributed by atoms with E-state index in [0.29, 0.717) is 23.1 Å². The Kier molecular flexibility index (Phi) is 8.01. The molecule has 0 amide bonds. The van der Waals surface area contributed by atoms with Crippen LogP contribution in [0.3, 0.4) is 0 Å². The summed E-state index contributed by atoms with van der Waals surface area (Å²) in [6.07, 6.45) is 14.1. The van der Waals surface area contributed by atoms with E-state index < -0.39 is 9.15 Å². The maximum atomic E-state index is 10.5. The van der Waals surface area contributed by atoms with Crippen LogP contribution in [0.2, 0.25) is 0 Å². The summed E-state index contributed by atoms with van der Waals surface area (Å²) in [7, 11) is -3.27. The minimum Gasteiger partial charge on any atom is -0.316 e. The molecule has 6 heteroatoms. The molecule has 130 valence electrons. The smallest absolute Gasteiger partial charge is 0.316 e. The zero-order valence-corrected chi connectivity index (χ0v) is 15.1. The molecule has 4 nitrogen and oxygen atoms in total. The minimum absolute atomic E-state index is 0.407. The zero-order chi connectivity index (χ0) is 15.8. The lowest BCUT2D eigenvalue weighted by Crippen LogP contribution is -2.27. The first-order chi connectivity index (χ1) is 10.5. The van der Waals surface area contributed by atoms with Crippen molar-refractivity contribution in [2.75, 3.05) is 18.8 Å². The predicted octanol–water partition coefficient (Wildman–Crippen LogP) is 3.89. The summed E-state index contributed by atoms with van der Waals surface area (Å²) in [6.45, 7) is 1.59. The normalized spacial score (nSPS) is 29.2. The molecule has 0 aromatic rings. The molecule has 2 fully saturated rings. The molecule has 0 saturated heterocycles. The average Bonchev–Trinajstić information content (AvgIpc) is 2.48. The van der Waals surface area contributed by atoms with Gasteiger partial charge in [0.1, 0.15) is 0 Å². The Morgan fingerprint density at radius 3 is 2.55 bits per heavy atom. The van der Waals surface area contributed by atoms with E-state index in [0.717, 1.165) is 24.3 Å². The standard InChI is InChI=1S/C16H31NO3S2/c18-22(19,20)21-12-11-17-10-4-3-5-14-8-9-15-6-1-2-7-16(15)13-14/h14-17H,1-13H2,(H,18,19,20). The number of rotatable bonds is 9. The Labute approximate surface area is 139 Å². The van der Waals surface area contributed by atoms with Crippen LogP contribution in [0.15, 0.2) is 0 Å². The number of hydrogen-bond acceptors (Lipinski definition) is 4. The molecule has 0 radical (unpaired) electrons. The van der Waals surface area contributed by atoms with Gasteiger partial charge in [-0.15, -0.1) is 0 Å². The Morgan fingerprint density at radius 1 is 1.00 bits per heavy atom. The molecular weight excluding hydrogens is 318 g/mol. The van der Waals surface area contributed by atoms with Crippen LogP contribution in [-0.2, 0) is 9.15 Å². The fourth-order valence-corrected chi connectivity index (χ4v) is 5.58. The summed E-state index contributed by atoms with van der Waals surface area (Å²) in [5, 5.41) is 3.24. The molecule has 2 aliphatic carbocycles.